The summed E-state index contributed by atoms with van der Waals surface area (Å²) in [4.78, 5) is 13.7. The predicted octanol–water partition coefficient (Wildman–Crippen LogP) is 2.27. The van der Waals surface area contributed by atoms with Crippen molar-refractivity contribution >= 4 is 17.2 Å². The van der Waals surface area contributed by atoms with Crippen molar-refractivity contribution in [1.82, 2.24) is 5.32 Å². The number of rotatable bonds is 3. The van der Waals surface area contributed by atoms with Gasteiger partial charge >= 0.3 is 0 Å². The monoisotopic (exact) mass is 238 g/mol. The molecule has 1 aromatic rings. The Labute approximate surface area is 100 Å². The molecule has 88 valence electrons. The Hall–Kier alpha value is -0.870. The SMILES string of the molecule is NCc1ccc(C(=O)NC2CCCCC2)s1. The molecule has 0 saturated heterocycles. The summed E-state index contributed by atoms with van der Waals surface area (Å²) >= 11 is 1.49. The molecule has 0 radical (unpaired) electrons. The van der Waals surface area contributed by atoms with Gasteiger partial charge in [0.1, 0.15) is 0 Å². The molecule has 0 aromatic carbocycles. The molecule has 0 atom stereocenters. The molecule has 0 bridgehead atoms. The zero-order chi connectivity index (χ0) is 11.4. The first-order valence-corrected chi connectivity index (χ1v) is 6.71. The van der Waals surface area contributed by atoms with Crippen LogP contribution in [0.15, 0.2) is 12.1 Å². The Morgan fingerprint density at radius 1 is 1.38 bits per heavy atom. The van der Waals surface area contributed by atoms with Crippen molar-refractivity contribution in [3.8, 4) is 0 Å². The van der Waals surface area contributed by atoms with Crippen LogP contribution in [0.1, 0.15) is 46.7 Å². The van der Waals surface area contributed by atoms with Gasteiger partial charge in [-0.15, -0.1) is 11.3 Å². The Balaban J connectivity index is 1.91. The molecule has 1 saturated carbocycles. The minimum atomic E-state index is 0.0663. The van der Waals surface area contributed by atoms with Crippen LogP contribution in [0, 0.1) is 0 Å². The maximum Gasteiger partial charge on any atom is 0.261 e. The van der Waals surface area contributed by atoms with Crippen LogP contribution >= 0.6 is 11.3 Å². The van der Waals surface area contributed by atoms with E-state index in [-0.39, 0.29) is 5.91 Å². The molecular formula is C12H18N2OS. The maximum atomic E-state index is 11.9. The lowest BCUT2D eigenvalue weighted by Gasteiger charge is -2.22. The van der Waals surface area contributed by atoms with Gasteiger partial charge in [-0.1, -0.05) is 19.3 Å². The van der Waals surface area contributed by atoms with Gasteiger partial charge in [-0.05, 0) is 25.0 Å². The third-order valence-corrected chi connectivity index (χ3v) is 4.13. The molecule has 1 aromatic heterocycles. The van der Waals surface area contributed by atoms with Gasteiger partial charge in [0.25, 0.3) is 5.91 Å². The van der Waals surface area contributed by atoms with Crippen LogP contribution in [0.4, 0.5) is 0 Å². The van der Waals surface area contributed by atoms with Crippen molar-refractivity contribution in [2.45, 2.75) is 44.7 Å². The first-order valence-electron chi connectivity index (χ1n) is 5.89. The average molecular weight is 238 g/mol. The number of hydrogen-bond donors (Lipinski definition) is 2. The first-order chi connectivity index (χ1) is 7.79. The number of nitrogens with one attached hydrogen (secondary N) is 1. The summed E-state index contributed by atoms with van der Waals surface area (Å²) in [6, 6.07) is 4.18. The van der Waals surface area contributed by atoms with E-state index in [2.05, 4.69) is 5.32 Å². The van der Waals surface area contributed by atoms with E-state index >= 15 is 0 Å². The molecule has 3 nitrogen and oxygen atoms in total. The Morgan fingerprint density at radius 2 is 2.12 bits per heavy atom. The number of carbonyl (C=O) groups excluding carboxylic acids is 1. The molecule has 16 heavy (non-hydrogen) atoms. The van der Waals surface area contributed by atoms with Crippen LogP contribution < -0.4 is 11.1 Å². The standard InChI is InChI=1S/C12H18N2OS/c13-8-10-6-7-11(16-10)12(15)14-9-4-2-1-3-5-9/h6-7,9H,1-5,8,13H2,(H,14,15). The van der Waals surface area contributed by atoms with Gasteiger partial charge in [0, 0.05) is 17.5 Å². The average Bonchev–Trinajstić information content (AvgIpc) is 2.79. The van der Waals surface area contributed by atoms with Crippen LogP contribution in [0.5, 0.6) is 0 Å². The van der Waals surface area contributed by atoms with Crippen molar-refractivity contribution in [1.29, 1.82) is 0 Å². The highest BCUT2D eigenvalue weighted by Crippen LogP contribution is 2.20. The van der Waals surface area contributed by atoms with Gasteiger partial charge in [-0.25, -0.2) is 0 Å². The highest BCUT2D eigenvalue weighted by Gasteiger charge is 2.17. The lowest BCUT2D eigenvalue weighted by molar-refractivity contribution is 0.0932. The quantitative estimate of drug-likeness (QED) is 0.848. The fourth-order valence-electron chi connectivity index (χ4n) is 2.11. The molecule has 0 spiro atoms. The zero-order valence-electron chi connectivity index (χ0n) is 9.37. The molecular weight excluding hydrogens is 220 g/mol. The van der Waals surface area contributed by atoms with E-state index in [9.17, 15) is 4.79 Å². The van der Waals surface area contributed by atoms with E-state index in [4.69, 9.17) is 5.73 Å². The predicted molar refractivity (Wildman–Crippen MR) is 66.5 cm³/mol. The summed E-state index contributed by atoms with van der Waals surface area (Å²) in [7, 11) is 0. The minimum absolute atomic E-state index is 0.0663. The van der Waals surface area contributed by atoms with Crippen molar-refractivity contribution in [2.75, 3.05) is 0 Å². The second-order valence-electron chi connectivity index (χ2n) is 4.28. The van der Waals surface area contributed by atoms with E-state index in [1.54, 1.807) is 0 Å². The molecule has 2 rings (SSSR count). The van der Waals surface area contributed by atoms with Crippen LogP contribution in [0.3, 0.4) is 0 Å². The second kappa shape index (κ2) is 5.46. The number of amides is 1. The third kappa shape index (κ3) is 2.83. The van der Waals surface area contributed by atoms with Crippen molar-refractivity contribution in [2.24, 2.45) is 5.73 Å². The number of carbonyl (C=O) groups is 1. The van der Waals surface area contributed by atoms with Gasteiger partial charge in [0.2, 0.25) is 0 Å². The first kappa shape index (κ1) is 11.6. The third-order valence-electron chi connectivity index (χ3n) is 3.03. The zero-order valence-corrected chi connectivity index (χ0v) is 10.2. The second-order valence-corrected chi connectivity index (χ2v) is 5.45. The van der Waals surface area contributed by atoms with E-state index in [0.29, 0.717) is 12.6 Å². The van der Waals surface area contributed by atoms with E-state index in [1.807, 2.05) is 12.1 Å². The van der Waals surface area contributed by atoms with E-state index in [1.165, 1.54) is 30.6 Å². The Kier molecular flexibility index (Phi) is 3.96. The fraction of sp³-hybridized carbons (Fsp3) is 0.583. The molecule has 1 amide bonds. The summed E-state index contributed by atoms with van der Waals surface area (Å²) in [5.41, 5.74) is 5.53. The van der Waals surface area contributed by atoms with Crippen molar-refractivity contribution in [3.05, 3.63) is 21.9 Å². The number of hydrogen-bond acceptors (Lipinski definition) is 3. The van der Waals surface area contributed by atoms with Crippen LogP contribution in [0.2, 0.25) is 0 Å². The molecule has 0 aliphatic heterocycles. The van der Waals surface area contributed by atoms with Crippen molar-refractivity contribution in [3.63, 3.8) is 0 Å². The largest absolute Gasteiger partial charge is 0.349 e. The fourth-order valence-corrected chi connectivity index (χ4v) is 2.90. The summed E-state index contributed by atoms with van der Waals surface area (Å²) < 4.78 is 0. The molecule has 4 heteroatoms. The highest BCUT2D eigenvalue weighted by atomic mass is 32.1. The molecule has 1 aliphatic rings. The van der Waals surface area contributed by atoms with Gasteiger partial charge < -0.3 is 11.1 Å². The summed E-state index contributed by atoms with van der Waals surface area (Å²) in [6.07, 6.45) is 6.04. The van der Waals surface area contributed by atoms with Crippen LogP contribution in [-0.2, 0) is 6.54 Å². The van der Waals surface area contributed by atoms with E-state index < -0.39 is 0 Å². The van der Waals surface area contributed by atoms with Gasteiger partial charge in [-0.2, -0.15) is 0 Å². The topological polar surface area (TPSA) is 55.1 Å². The maximum absolute atomic E-state index is 11.9. The summed E-state index contributed by atoms with van der Waals surface area (Å²) in [5.74, 6) is 0.0663. The van der Waals surface area contributed by atoms with Gasteiger partial charge in [0.05, 0.1) is 4.88 Å². The van der Waals surface area contributed by atoms with Crippen LogP contribution in [-0.4, -0.2) is 11.9 Å². The lowest BCUT2D eigenvalue weighted by Crippen LogP contribution is -2.35. The summed E-state index contributed by atoms with van der Waals surface area (Å²) in [5, 5.41) is 3.10. The summed E-state index contributed by atoms with van der Waals surface area (Å²) in [6.45, 7) is 0.515. The van der Waals surface area contributed by atoms with Gasteiger partial charge in [-0.3, -0.25) is 4.79 Å². The van der Waals surface area contributed by atoms with Gasteiger partial charge in [0.15, 0.2) is 0 Å². The Bertz CT molecular complexity index is 356. The molecule has 0 unspecified atom stereocenters. The molecule has 1 heterocycles. The molecule has 3 N–H and O–H groups in total. The Morgan fingerprint density at radius 3 is 2.75 bits per heavy atom. The minimum Gasteiger partial charge on any atom is -0.349 e. The molecule has 1 fully saturated rings. The molecule has 1 aliphatic carbocycles. The van der Waals surface area contributed by atoms with Crippen LogP contribution in [0.25, 0.3) is 0 Å². The lowest BCUT2D eigenvalue weighted by atomic mass is 9.95. The number of nitrogens with two attached hydrogens (primary N) is 1. The van der Waals surface area contributed by atoms with Crippen molar-refractivity contribution < 1.29 is 4.79 Å². The number of thiophene rings is 1. The normalized spacial score (nSPS) is 17.3. The van der Waals surface area contributed by atoms with E-state index in [0.717, 1.165) is 22.6 Å². The smallest absolute Gasteiger partial charge is 0.261 e. The highest BCUT2D eigenvalue weighted by molar-refractivity contribution is 7.14.